The lowest BCUT2D eigenvalue weighted by Crippen LogP contribution is -2.43. The number of hydrogen-bond donors (Lipinski definition) is 2. The van der Waals surface area contributed by atoms with E-state index in [2.05, 4.69) is 39.6 Å². The first kappa shape index (κ1) is 25.2. The predicted octanol–water partition coefficient (Wildman–Crippen LogP) is 3.19. The second-order valence-corrected chi connectivity index (χ2v) is 9.72. The van der Waals surface area contributed by atoms with E-state index in [1.807, 2.05) is 36.4 Å². The zero-order valence-electron chi connectivity index (χ0n) is 20.8. The van der Waals surface area contributed by atoms with Gasteiger partial charge in [-0.05, 0) is 69.9 Å². The molecule has 7 nitrogen and oxygen atoms in total. The Labute approximate surface area is 208 Å². The number of carbonyl (C=O) groups excluding carboxylic acids is 2. The minimum absolute atomic E-state index is 0.0101. The molecule has 7 heteroatoms. The summed E-state index contributed by atoms with van der Waals surface area (Å²) < 4.78 is 6.20. The number of nitrogens with one attached hydrogen (secondary N) is 2. The molecule has 2 aromatic carbocycles. The molecule has 2 amide bonds. The zero-order chi connectivity index (χ0) is 24.5. The van der Waals surface area contributed by atoms with Gasteiger partial charge in [0.05, 0.1) is 13.2 Å². The summed E-state index contributed by atoms with van der Waals surface area (Å²) in [6.45, 7) is 4.57. The van der Waals surface area contributed by atoms with Gasteiger partial charge in [0, 0.05) is 36.8 Å². The number of amides is 2. The fraction of sp³-hybridized carbons (Fsp3) is 0.500. The lowest BCUT2D eigenvalue weighted by Gasteiger charge is -2.30. The molecule has 1 saturated heterocycles. The molecule has 1 fully saturated rings. The first-order chi connectivity index (χ1) is 17.1. The topological polar surface area (TPSA) is 73.9 Å². The second kappa shape index (κ2) is 12.7. The summed E-state index contributed by atoms with van der Waals surface area (Å²) in [6.07, 6.45) is 4.73. The van der Waals surface area contributed by atoms with Crippen molar-refractivity contribution < 1.29 is 14.3 Å². The van der Waals surface area contributed by atoms with Crippen LogP contribution in [-0.4, -0.2) is 67.5 Å². The molecule has 2 N–H and O–H groups in total. The molecule has 35 heavy (non-hydrogen) atoms. The van der Waals surface area contributed by atoms with Crippen molar-refractivity contribution in [3.63, 3.8) is 0 Å². The number of ether oxygens (including phenoxy) is 1. The summed E-state index contributed by atoms with van der Waals surface area (Å²) in [5, 5.41) is 6.31. The zero-order valence-corrected chi connectivity index (χ0v) is 20.8. The van der Waals surface area contributed by atoms with E-state index in [1.54, 1.807) is 0 Å². The van der Waals surface area contributed by atoms with E-state index >= 15 is 0 Å². The molecule has 4 rings (SSSR count). The summed E-state index contributed by atoms with van der Waals surface area (Å²) in [5.41, 5.74) is 2.61. The Kier molecular flexibility index (Phi) is 9.15. The maximum absolute atomic E-state index is 13.4. The van der Waals surface area contributed by atoms with Crippen LogP contribution in [0.3, 0.4) is 0 Å². The van der Waals surface area contributed by atoms with Crippen LogP contribution < -0.4 is 15.4 Å². The average molecular weight is 479 g/mol. The molecule has 2 heterocycles. The van der Waals surface area contributed by atoms with E-state index in [-0.39, 0.29) is 24.4 Å². The standard InChI is InChI=1S/C28H38N4O3/c1-31-16-13-23(14-17-31)30-28(34)24-11-8-12-26-25(24)20-32(19-22-9-4-2-5-10-22)21-27(33)29-15-6-3-7-18-35-26/h2,4-5,8-12,23H,3,6-7,13-21H2,1H3,(H,29,33)(H,30,34). The van der Waals surface area contributed by atoms with Crippen LogP contribution in [0, 0.1) is 0 Å². The Morgan fingerprint density at radius 2 is 1.83 bits per heavy atom. The summed E-state index contributed by atoms with van der Waals surface area (Å²) >= 11 is 0. The molecule has 2 aromatic rings. The van der Waals surface area contributed by atoms with Crippen molar-refractivity contribution in [3.05, 3.63) is 65.2 Å². The summed E-state index contributed by atoms with van der Waals surface area (Å²) in [6, 6.07) is 16.0. The van der Waals surface area contributed by atoms with E-state index in [0.717, 1.165) is 62.1 Å². The molecule has 0 spiro atoms. The van der Waals surface area contributed by atoms with Gasteiger partial charge in [-0.2, -0.15) is 0 Å². The van der Waals surface area contributed by atoms with Gasteiger partial charge in [-0.15, -0.1) is 0 Å². The number of hydrogen-bond acceptors (Lipinski definition) is 5. The number of rotatable bonds is 4. The van der Waals surface area contributed by atoms with Gasteiger partial charge in [-0.1, -0.05) is 36.4 Å². The van der Waals surface area contributed by atoms with Gasteiger partial charge < -0.3 is 20.3 Å². The van der Waals surface area contributed by atoms with Crippen molar-refractivity contribution in [2.24, 2.45) is 0 Å². The Morgan fingerprint density at radius 1 is 1.03 bits per heavy atom. The van der Waals surface area contributed by atoms with Crippen molar-refractivity contribution in [3.8, 4) is 5.75 Å². The number of fused-ring (bicyclic) bond motifs is 1. The van der Waals surface area contributed by atoms with Crippen LogP contribution in [-0.2, 0) is 17.9 Å². The van der Waals surface area contributed by atoms with Crippen molar-refractivity contribution in [2.75, 3.05) is 39.8 Å². The third-order valence-electron chi connectivity index (χ3n) is 6.83. The van der Waals surface area contributed by atoms with Gasteiger partial charge in [-0.25, -0.2) is 0 Å². The van der Waals surface area contributed by atoms with Gasteiger partial charge in [-0.3, -0.25) is 14.5 Å². The first-order valence-electron chi connectivity index (χ1n) is 12.9. The molecular formula is C28H38N4O3. The normalized spacial score (nSPS) is 19.3. The first-order valence-corrected chi connectivity index (χ1v) is 12.9. The number of likely N-dealkylation sites (tertiary alicyclic amines) is 1. The lowest BCUT2D eigenvalue weighted by atomic mass is 10.0. The highest BCUT2D eigenvalue weighted by atomic mass is 16.5. The highest BCUT2D eigenvalue weighted by Gasteiger charge is 2.24. The highest BCUT2D eigenvalue weighted by molar-refractivity contribution is 5.96. The largest absolute Gasteiger partial charge is 0.493 e. The predicted molar refractivity (Wildman–Crippen MR) is 137 cm³/mol. The van der Waals surface area contributed by atoms with E-state index in [1.165, 1.54) is 0 Å². The van der Waals surface area contributed by atoms with Crippen LogP contribution in [0.1, 0.15) is 53.6 Å². The third-order valence-corrected chi connectivity index (χ3v) is 6.83. The Morgan fingerprint density at radius 3 is 2.63 bits per heavy atom. The molecule has 0 saturated carbocycles. The van der Waals surface area contributed by atoms with E-state index in [9.17, 15) is 9.59 Å². The molecule has 2 aliphatic heterocycles. The lowest BCUT2D eigenvalue weighted by molar-refractivity contribution is -0.122. The summed E-state index contributed by atoms with van der Waals surface area (Å²) in [7, 11) is 2.12. The molecule has 0 unspecified atom stereocenters. The molecular weight excluding hydrogens is 440 g/mol. The molecule has 0 radical (unpaired) electrons. The minimum atomic E-state index is -0.0616. The van der Waals surface area contributed by atoms with Crippen LogP contribution in [0.25, 0.3) is 0 Å². The van der Waals surface area contributed by atoms with E-state index < -0.39 is 0 Å². The maximum Gasteiger partial charge on any atom is 0.251 e. The maximum atomic E-state index is 13.4. The summed E-state index contributed by atoms with van der Waals surface area (Å²) in [5.74, 6) is 0.683. The smallest absolute Gasteiger partial charge is 0.251 e. The van der Waals surface area contributed by atoms with Crippen molar-refractivity contribution in [1.82, 2.24) is 20.4 Å². The fourth-order valence-corrected chi connectivity index (χ4v) is 4.80. The fourth-order valence-electron chi connectivity index (χ4n) is 4.80. The van der Waals surface area contributed by atoms with Gasteiger partial charge >= 0.3 is 0 Å². The van der Waals surface area contributed by atoms with Gasteiger partial charge in [0.25, 0.3) is 5.91 Å². The summed E-state index contributed by atoms with van der Waals surface area (Å²) in [4.78, 5) is 30.6. The molecule has 2 aliphatic rings. The van der Waals surface area contributed by atoms with E-state index in [4.69, 9.17) is 4.74 Å². The van der Waals surface area contributed by atoms with Crippen LogP contribution in [0.15, 0.2) is 48.5 Å². The van der Waals surface area contributed by atoms with Crippen LogP contribution >= 0.6 is 0 Å². The Bertz CT molecular complexity index is 973. The second-order valence-electron chi connectivity index (χ2n) is 9.72. The molecule has 0 atom stereocenters. The van der Waals surface area contributed by atoms with Gasteiger partial charge in [0.1, 0.15) is 5.75 Å². The van der Waals surface area contributed by atoms with Crippen LogP contribution in [0.2, 0.25) is 0 Å². The Hall–Kier alpha value is -2.90. The molecule has 0 bridgehead atoms. The van der Waals surface area contributed by atoms with Gasteiger partial charge in [0.2, 0.25) is 5.91 Å². The number of carbonyl (C=O) groups is 2. The van der Waals surface area contributed by atoms with E-state index in [0.29, 0.717) is 31.8 Å². The number of piperidine rings is 1. The number of benzene rings is 2. The quantitative estimate of drug-likeness (QED) is 0.706. The van der Waals surface area contributed by atoms with Crippen molar-refractivity contribution in [2.45, 2.75) is 51.2 Å². The van der Waals surface area contributed by atoms with Crippen molar-refractivity contribution in [1.29, 1.82) is 0 Å². The Balaban J connectivity index is 1.60. The SMILES string of the molecule is CN1CCC(NC(=O)c2cccc3c2CN(Cc2ccccc2)CC(=O)NCCCCCO3)CC1. The number of nitrogens with zero attached hydrogens (tertiary/aromatic N) is 2. The minimum Gasteiger partial charge on any atom is -0.493 e. The molecule has 0 aliphatic carbocycles. The van der Waals surface area contributed by atoms with Gasteiger partial charge in [0.15, 0.2) is 0 Å². The molecule has 188 valence electrons. The van der Waals surface area contributed by atoms with Crippen molar-refractivity contribution >= 4 is 11.8 Å². The average Bonchev–Trinajstić information content (AvgIpc) is 2.87. The monoisotopic (exact) mass is 478 g/mol. The highest BCUT2D eigenvalue weighted by Crippen LogP contribution is 2.26. The third kappa shape index (κ3) is 7.54. The van der Waals surface area contributed by atoms with Crippen LogP contribution in [0.4, 0.5) is 0 Å². The molecule has 0 aromatic heterocycles. The van der Waals surface area contributed by atoms with Crippen LogP contribution in [0.5, 0.6) is 5.75 Å².